The summed E-state index contributed by atoms with van der Waals surface area (Å²) in [4.78, 5) is 11.8. The van der Waals surface area contributed by atoms with Crippen molar-refractivity contribution in [2.24, 2.45) is 5.10 Å². The third-order valence-corrected chi connectivity index (χ3v) is 3.13. The standard InChI is InChI=1S/C17H18N2O/c1-12-9-13(2)16(14(3)10-12)11-18-19-17(20)15-7-5-4-6-8-15/h4-11H,1-3H3,(H,19,20)/b18-11+. The van der Waals surface area contributed by atoms with Crippen molar-refractivity contribution in [3.8, 4) is 0 Å². The molecule has 1 N–H and O–H groups in total. The molecule has 0 heterocycles. The summed E-state index contributed by atoms with van der Waals surface area (Å²) in [6, 6.07) is 13.3. The number of aryl methyl sites for hydroxylation is 3. The third kappa shape index (κ3) is 3.32. The van der Waals surface area contributed by atoms with Gasteiger partial charge in [0.2, 0.25) is 0 Å². The van der Waals surface area contributed by atoms with Crippen molar-refractivity contribution < 1.29 is 4.79 Å². The first-order valence-electron chi connectivity index (χ1n) is 6.54. The van der Waals surface area contributed by atoms with Crippen LogP contribution >= 0.6 is 0 Å². The van der Waals surface area contributed by atoms with Crippen LogP contribution in [0, 0.1) is 20.8 Å². The zero-order valence-electron chi connectivity index (χ0n) is 12.0. The molecule has 0 bridgehead atoms. The maximum Gasteiger partial charge on any atom is 0.271 e. The molecular formula is C17H18N2O. The van der Waals surface area contributed by atoms with Gasteiger partial charge in [-0.15, -0.1) is 0 Å². The number of hydrazone groups is 1. The van der Waals surface area contributed by atoms with E-state index < -0.39 is 0 Å². The van der Waals surface area contributed by atoms with Gasteiger partial charge in [-0.1, -0.05) is 35.9 Å². The van der Waals surface area contributed by atoms with Crippen LogP contribution in [0.4, 0.5) is 0 Å². The highest BCUT2D eigenvalue weighted by atomic mass is 16.2. The van der Waals surface area contributed by atoms with Crippen molar-refractivity contribution in [1.29, 1.82) is 0 Å². The Hall–Kier alpha value is -2.42. The Morgan fingerprint density at radius 1 is 1.05 bits per heavy atom. The lowest BCUT2D eigenvalue weighted by Gasteiger charge is -2.06. The van der Waals surface area contributed by atoms with Gasteiger partial charge in [0.1, 0.15) is 0 Å². The highest BCUT2D eigenvalue weighted by Gasteiger charge is 2.03. The number of carbonyl (C=O) groups is 1. The molecular weight excluding hydrogens is 248 g/mol. The first kappa shape index (κ1) is 14.0. The second kappa shape index (κ2) is 6.15. The summed E-state index contributed by atoms with van der Waals surface area (Å²) in [5.74, 6) is -0.204. The van der Waals surface area contributed by atoms with Crippen molar-refractivity contribution in [3.63, 3.8) is 0 Å². The average molecular weight is 266 g/mol. The van der Waals surface area contributed by atoms with Gasteiger partial charge in [0.25, 0.3) is 5.91 Å². The Balaban J connectivity index is 2.10. The molecule has 0 aliphatic rings. The Morgan fingerprint density at radius 2 is 1.65 bits per heavy atom. The van der Waals surface area contributed by atoms with Gasteiger partial charge in [-0.25, -0.2) is 5.43 Å². The molecule has 1 amide bonds. The summed E-state index contributed by atoms with van der Waals surface area (Å²) in [6.45, 7) is 6.15. The molecule has 0 unspecified atom stereocenters. The van der Waals surface area contributed by atoms with E-state index in [1.807, 2.05) is 32.0 Å². The van der Waals surface area contributed by atoms with Gasteiger partial charge in [0, 0.05) is 11.1 Å². The van der Waals surface area contributed by atoms with E-state index in [-0.39, 0.29) is 5.91 Å². The number of hydrogen-bond donors (Lipinski definition) is 1. The van der Waals surface area contributed by atoms with E-state index in [2.05, 4.69) is 29.6 Å². The molecule has 3 nitrogen and oxygen atoms in total. The number of nitrogens with one attached hydrogen (secondary N) is 1. The van der Waals surface area contributed by atoms with Gasteiger partial charge in [0.15, 0.2) is 0 Å². The molecule has 0 atom stereocenters. The number of amides is 1. The molecule has 0 aliphatic carbocycles. The molecule has 0 aromatic heterocycles. The Bertz CT molecular complexity index is 622. The van der Waals surface area contributed by atoms with Crippen LogP contribution in [0.25, 0.3) is 0 Å². The molecule has 3 heteroatoms. The minimum atomic E-state index is -0.204. The van der Waals surface area contributed by atoms with Crippen LogP contribution < -0.4 is 5.43 Å². The summed E-state index contributed by atoms with van der Waals surface area (Å²) in [6.07, 6.45) is 1.70. The summed E-state index contributed by atoms with van der Waals surface area (Å²) in [5, 5.41) is 4.04. The van der Waals surface area contributed by atoms with E-state index in [0.29, 0.717) is 5.56 Å². The van der Waals surface area contributed by atoms with Gasteiger partial charge < -0.3 is 0 Å². The van der Waals surface area contributed by atoms with Gasteiger partial charge >= 0.3 is 0 Å². The predicted octanol–water partition coefficient (Wildman–Crippen LogP) is 3.38. The summed E-state index contributed by atoms with van der Waals surface area (Å²) in [7, 11) is 0. The Labute approximate surface area is 119 Å². The highest BCUT2D eigenvalue weighted by Crippen LogP contribution is 2.14. The number of benzene rings is 2. The van der Waals surface area contributed by atoms with Crippen LogP contribution in [0.5, 0.6) is 0 Å². The zero-order valence-corrected chi connectivity index (χ0v) is 12.0. The molecule has 102 valence electrons. The summed E-state index contributed by atoms with van der Waals surface area (Å²) < 4.78 is 0. The maximum absolute atomic E-state index is 11.8. The van der Waals surface area contributed by atoms with E-state index in [4.69, 9.17) is 0 Å². The van der Waals surface area contributed by atoms with Crippen molar-refractivity contribution in [2.45, 2.75) is 20.8 Å². The van der Waals surface area contributed by atoms with Gasteiger partial charge in [0.05, 0.1) is 6.21 Å². The van der Waals surface area contributed by atoms with Crippen molar-refractivity contribution in [3.05, 3.63) is 70.3 Å². The minimum absolute atomic E-state index is 0.204. The quantitative estimate of drug-likeness (QED) is 0.671. The summed E-state index contributed by atoms with van der Waals surface area (Å²) in [5.41, 5.74) is 7.72. The van der Waals surface area contributed by atoms with E-state index in [1.54, 1.807) is 18.3 Å². The molecule has 2 aromatic rings. The molecule has 2 aromatic carbocycles. The molecule has 20 heavy (non-hydrogen) atoms. The van der Waals surface area contributed by atoms with Gasteiger partial charge in [-0.05, 0) is 44.0 Å². The smallest absolute Gasteiger partial charge is 0.267 e. The van der Waals surface area contributed by atoms with Crippen molar-refractivity contribution in [2.75, 3.05) is 0 Å². The second-order valence-electron chi connectivity index (χ2n) is 4.88. The monoisotopic (exact) mass is 266 g/mol. The van der Waals surface area contributed by atoms with Crippen LogP contribution in [0.3, 0.4) is 0 Å². The minimum Gasteiger partial charge on any atom is -0.267 e. The van der Waals surface area contributed by atoms with E-state index in [0.717, 1.165) is 16.7 Å². The lowest BCUT2D eigenvalue weighted by atomic mass is 10.0. The fraction of sp³-hybridized carbons (Fsp3) is 0.176. The number of nitrogens with zero attached hydrogens (tertiary/aromatic N) is 1. The fourth-order valence-corrected chi connectivity index (χ4v) is 2.20. The average Bonchev–Trinajstić information content (AvgIpc) is 2.42. The third-order valence-electron chi connectivity index (χ3n) is 3.13. The van der Waals surface area contributed by atoms with Crippen molar-refractivity contribution in [1.82, 2.24) is 5.43 Å². The lowest BCUT2D eigenvalue weighted by molar-refractivity contribution is 0.0955. The van der Waals surface area contributed by atoms with Crippen molar-refractivity contribution >= 4 is 12.1 Å². The SMILES string of the molecule is Cc1cc(C)c(/C=N/NC(=O)c2ccccc2)c(C)c1. The molecule has 0 saturated heterocycles. The molecule has 0 fully saturated rings. The van der Waals surface area contributed by atoms with E-state index in [9.17, 15) is 4.79 Å². The number of rotatable bonds is 3. The Kier molecular flexibility index (Phi) is 4.31. The van der Waals surface area contributed by atoms with E-state index in [1.165, 1.54) is 5.56 Å². The predicted molar refractivity (Wildman–Crippen MR) is 82.2 cm³/mol. The molecule has 0 spiro atoms. The molecule has 2 rings (SSSR count). The molecule has 0 radical (unpaired) electrons. The largest absolute Gasteiger partial charge is 0.271 e. The van der Waals surface area contributed by atoms with Gasteiger partial charge in [-0.2, -0.15) is 5.10 Å². The van der Waals surface area contributed by atoms with Crippen LogP contribution in [0.1, 0.15) is 32.6 Å². The van der Waals surface area contributed by atoms with Crippen LogP contribution in [0.15, 0.2) is 47.6 Å². The summed E-state index contributed by atoms with van der Waals surface area (Å²) >= 11 is 0. The van der Waals surface area contributed by atoms with E-state index >= 15 is 0 Å². The number of hydrogen-bond acceptors (Lipinski definition) is 2. The second-order valence-corrected chi connectivity index (χ2v) is 4.88. The highest BCUT2D eigenvalue weighted by molar-refractivity contribution is 5.95. The zero-order chi connectivity index (χ0) is 14.5. The fourth-order valence-electron chi connectivity index (χ4n) is 2.20. The van der Waals surface area contributed by atoms with Crippen LogP contribution in [-0.4, -0.2) is 12.1 Å². The van der Waals surface area contributed by atoms with Crippen LogP contribution in [-0.2, 0) is 0 Å². The first-order chi connectivity index (χ1) is 9.58. The van der Waals surface area contributed by atoms with Gasteiger partial charge in [-0.3, -0.25) is 4.79 Å². The Morgan fingerprint density at radius 3 is 2.25 bits per heavy atom. The maximum atomic E-state index is 11.8. The topological polar surface area (TPSA) is 41.5 Å². The van der Waals surface area contributed by atoms with Crippen LogP contribution in [0.2, 0.25) is 0 Å². The molecule has 0 aliphatic heterocycles. The lowest BCUT2D eigenvalue weighted by Crippen LogP contribution is -2.17. The first-order valence-corrected chi connectivity index (χ1v) is 6.54. The normalized spacial score (nSPS) is 10.8. The molecule has 0 saturated carbocycles. The number of carbonyl (C=O) groups excluding carboxylic acids is 1.